The molecule has 110 valence electrons. The van der Waals surface area contributed by atoms with Gasteiger partial charge in [0.1, 0.15) is 5.75 Å². The lowest BCUT2D eigenvalue weighted by molar-refractivity contribution is -0.138. The maximum Gasteiger partial charge on any atom is 0.263 e. The van der Waals surface area contributed by atoms with Gasteiger partial charge in [0.2, 0.25) is 0 Å². The third-order valence-electron chi connectivity index (χ3n) is 3.66. The van der Waals surface area contributed by atoms with E-state index in [1.807, 2.05) is 11.8 Å². The van der Waals surface area contributed by atoms with E-state index >= 15 is 0 Å². The molecular formula is C16H22ClNO2. The number of halogens is 1. The van der Waals surface area contributed by atoms with Crippen LogP contribution in [0.1, 0.15) is 39.0 Å². The summed E-state index contributed by atoms with van der Waals surface area (Å²) >= 11 is 5.85. The molecular weight excluding hydrogens is 274 g/mol. The van der Waals surface area contributed by atoms with Gasteiger partial charge in [-0.05, 0) is 43.5 Å². The summed E-state index contributed by atoms with van der Waals surface area (Å²) in [6.07, 6.45) is 4.93. The Morgan fingerprint density at radius 2 is 1.80 bits per heavy atom. The zero-order valence-corrected chi connectivity index (χ0v) is 12.7. The van der Waals surface area contributed by atoms with Gasteiger partial charge in [0.15, 0.2) is 6.10 Å². The van der Waals surface area contributed by atoms with E-state index in [9.17, 15) is 4.79 Å². The molecule has 0 aromatic heterocycles. The van der Waals surface area contributed by atoms with Crippen LogP contribution in [0, 0.1) is 0 Å². The van der Waals surface area contributed by atoms with E-state index in [1.165, 1.54) is 12.8 Å². The lowest BCUT2D eigenvalue weighted by atomic mass is 10.2. The minimum absolute atomic E-state index is 0.115. The molecule has 0 unspecified atom stereocenters. The number of amides is 1. The molecule has 2 rings (SSSR count). The SMILES string of the molecule is CC[C@@H](Oc1ccc(Cl)cc1)C(=O)N1CCCCCC1. The fourth-order valence-electron chi connectivity index (χ4n) is 2.48. The summed E-state index contributed by atoms with van der Waals surface area (Å²) in [5, 5.41) is 0.671. The smallest absolute Gasteiger partial charge is 0.263 e. The summed E-state index contributed by atoms with van der Waals surface area (Å²) < 4.78 is 5.82. The minimum Gasteiger partial charge on any atom is -0.481 e. The van der Waals surface area contributed by atoms with Gasteiger partial charge in [-0.15, -0.1) is 0 Å². The Kier molecular flexibility index (Phi) is 5.72. The molecule has 1 aliphatic rings. The van der Waals surface area contributed by atoms with Crippen molar-refractivity contribution in [2.24, 2.45) is 0 Å². The number of ether oxygens (including phenoxy) is 1. The van der Waals surface area contributed by atoms with Gasteiger partial charge in [-0.25, -0.2) is 0 Å². The molecule has 0 bridgehead atoms. The Balaban J connectivity index is 1.99. The predicted octanol–water partition coefficient (Wildman–Crippen LogP) is 3.90. The summed E-state index contributed by atoms with van der Waals surface area (Å²) in [6.45, 7) is 3.70. The van der Waals surface area contributed by atoms with Gasteiger partial charge in [0.25, 0.3) is 5.91 Å². The van der Waals surface area contributed by atoms with E-state index in [4.69, 9.17) is 16.3 Å². The number of hydrogen-bond donors (Lipinski definition) is 0. The largest absolute Gasteiger partial charge is 0.481 e. The first-order chi connectivity index (χ1) is 9.70. The predicted molar refractivity (Wildman–Crippen MR) is 81.2 cm³/mol. The first-order valence-corrected chi connectivity index (χ1v) is 7.79. The van der Waals surface area contributed by atoms with E-state index < -0.39 is 6.10 Å². The van der Waals surface area contributed by atoms with Gasteiger partial charge < -0.3 is 9.64 Å². The second kappa shape index (κ2) is 7.53. The summed E-state index contributed by atoms with van der Waals surface area (Å²) in [7, 11) is 0. The molecule has 0 saturated carbocycles. The van der Waals surface area contributed by atoms with Gasteiger partial charge in [0.05, 0.1) is 0 Å². The topological polar surface area (TPSA) is 29.5 Å². The number of carbonyl (C=O) groups excluding carboxylic acids is 1. The van der Waals surface area contributed by atoms with Crippen LogP contribution in [0.15, 0.2) is 24.3 Å². The first-order valence-electron chi connectivity index (χ1n) is 7.41. The Bertz CT molecular complexity index is 425. The van der Waals surface area contributed by atoms with Crippen LogP contribution in [-0.2, 0) is 4.79 Å². The van der Waals surface area contributed by atoms with Crippen LogP contribution in [0.2, 0.25) is 5.02 Å². The number of rotatable bonds is 4. The highest BCUT2D eigenvalue weighted by molar-refractivity contribution is 6.30. The third kappa shape index (κ3) is 4.14. The maximum atomic E-state index is 12.5. The van der Waals surface area contributed by atoms with Crippen molar-refractivity contribution in [3.8, 4) is 5.75 Å². The second-order valence-electron chi connectivity index (χ2n) is 5.21. The zero-order chi connectivity index (χ0) is 14.4. The number of carbonyl (C=O) groups is 1. The normalized spacial score (nSPS) is 17.4. The fraction of sp³-hybridized carbons (Fsp3) is 0.562. The summed E-state index contributed by atoms with van der Waals surface area (Å²) in [5.74, 6) is 0.814. The number of benzene rings is 1. The standard InChI is InChI=1S/C16H22ClNO2/c1-2-15(20-14-9-7-13(17)8-10-14)16(19)18-11-5-3-4-6-12-18/h7-10,15H,2-6,11-12H2,1H3/t15-/m1/s1. The van der Waals surface area contributed by atoms with Gasteiger partial charge in [-0.1, -0.05) is 31.4 Å². The van der Waals surface area contributed by atoms with Crippen LogP contribution >= 0.6 is 11.6 Å². The highest BCUT2D eigenvalue weighted by atomic mass is 35.5. The summed E-state index contributed by atoms with van der Waals surface area (Å²) in [4.78, 5) is 14.5. The van der Waals surface area contributed by atoms with E-state index in [2.05, 4.69) is 0 Å². The Morgan fingerprint density at radius 3 is 2.35 bits per heavy atom. The molecule has 1 aromatic carbocycles. The molecule has 1 atom stereocenters. The molecule has 1 saturated heterocycles. The molecule has 1 aromatic rings. The highest BCUT2D eigenvalue weighted by Gasteiger charge is 2.25. The molecule has 4 heteroatoms. The van der Waals surface area contributed by atoms with Gasteiger partial charge >= 0.3 is 0 Å². The van der Waals surface area contributed by atoms with Gasteiger partial charge in [0, 0.05) is 18.1 Å². The molecule has 0 N–H and O–H groups in total. The van der Waals surface area contributed by atoms with E-state index in [0.717, 1.165) is 25.9 Å². The highest BCUT2D eigenvalue weighted by Crippen LogP contribution is 2.19. The van der Waals surface area contributed by atoms with Crippen molar-refractivity contribution in [3.63, 3.8) is 0 Å². The second-order valence-corrected chi connectivity index (χ2v) is 5.64. The maximum absolute atomic E-state index is 12.5. The molecule has 0 radical (unpaired) electrons. The van der Waals surface area contributed by atoms with Crippen LogP contribution in [0.25, 0.3) is 0 Å². The fourth-order valence-corrected chi connectivity index (χ4v) is 2.61. The molecule has 0 spiro atoms. The van der Waals surface area contributed by atoms with Crippen molar-refractivity contribution in [3.05, 3.63) is 29.3 Å². The molecule has 1 fully saturated rings. The average Bonchev–Trinajstić information content (AvgIpc) is 2.75. The zero-order valence-electron chi connectivity index (χ0n) is 12.0. The lowest BCUT2D eigenvalue weighted by Crippen LogP contribution is -2.42. The van der Waals surface area contributed by atoms with E-state index in [-0.39, 0.29) is 5.91 Å². The number of likely N-dealkylation sites (tertiary alicyclic amines) is 1. The van der Waals surface area contributed by atoms with Crippen LogP contribution < -0.4 is 4.74 Å². The van der Waals surface area contributed by atoms with E-state index in [1.54, 1.807) is 24.3 Å². The van der Waals surface area contributed by atoms with Crippen LogP contribution in [0.5, 0.6) is 5.75 Å². The van der Waals surface area contributed by atoms with Crippen molar-refractivity contribution in [1.29, 1.82) is 0 Å². The molecule has 20 heavy (non-hydrogen) atoms. The van der Waals surface area contributed by atoms with Crippen molar-refractivity contribution in [1.82, 2.24) is 4.90 Å². The number of nitrogens with zero attached hydrogens (tertiary/aromatic N) is 1. The lowest BCUT2D eigenvalue weighted by Gasteiger charge is -2.26. The Morgan fingerprint density at radius 1 is 1.20 bits per heavy atom. The third-order valence-corrected chi connectivity index (χ3v) is 3.91. The Hall–Kier alpha value is -1.22. The quantitative estimate of drug-likeness (QED) is 0.843. The van der Waals surface area contributed by atoms with Crippen molar-refractivity contribution < 1.29 is 9.53 Å². The molecule has 0 aliphatic carbocycles. The van der Waals surface area contributed by atoms with Crippen molar-refractivity contribution in [2.75, 3.05) is 13.1 Å². The van der Waals surface area contributed by atoms with Gasteiger partial charge in [-0.2, -0.15) is 0 Å². The minimum atomic E-state index is -0.394. The first kappa shape index (κ1) is 15.2. The Labute approximate surface area is 125 Å². The van der Waals surface area contributed by atoms with Crippen molar-refractivity contribution in [2.45, 2.75) is 45.1 Å². The summed E-state index contributed by atoms with van der Waals surface area (Å²) in [5.41, 5.74) is 0. The molecule has 3 nitrogen and oxygen atoms in total. The molecule has 1 aliphatic heterocycles. The monoisotopic (exact) mass is 295 g/mol. The average molecular weight is 296 g/mol. The molecule has 1 heterocycles. The van der Waals surface area contributed by atoms with E-state index in [0.29, 0.717) is 17.2 Å². The number of hydrogen-bond acceptors (Lipinski definition) is 2. The van der Waals surface area contributed by atoms with Crippen LogP contribution in [0.3, 0.4) is 0 Å². The van der Waals surface area contributed by atoms with Gasteiger partial charge in [-0.3, -0.25) is 4.79 Å². The summed E-state index contributed by atoms with van der Waals surface area (Å²) in [6, 6.07) is 7.17. The van der Waals surface area contributed by atoms with Crippen LogP contribution in [0.4, 0.5) is 0 Å². The van der Waals surface area contributed by atoms with Crippen molar-refractivity contribution >= 4 is 17.5 Å². The van der Waals surface area contributed by atoms with Crippen LogP contribution in [-0.4, -0.2) is 30.0 Å². The molecule has 1 amide bonds.